The molecule has 0 amide bonds. The van der Waals surface area contributed by atoms with E-state index >= 15 is 0 Å². The minimum absolute atomic E-state index is 0.301. The van der Waals surface area contributed by atoms with E-state index < -0.39 is 0 Å². The summed E-state index contributed by atoms with van der Waals surface area (Å²) in [6.45, 7) is 4.43. The Morgan fingerprint density at radius 3 is 2.74 bits per heavy atom. The van der Waals surface area contributed by atoms with Crippen LogP contribution in [0.5, 0.6) is 0 Å². The van der Waals surface area contributed by atoms with Gasteiger partial charge in [-0.1, -0.05) is 19.9 Å². The van der Waals surface area contributed by atoms with Gasteiger partial charge in [0.1, 0.15) is 0 Å². The first kappa shape index (κ1) is 17.8. The molecule has 0 spiro atoms. The molecule has 0 atom stereocenters. The predicted octanol–water partition coefficient (Wildman–Crippen LogP) is 4.95. The van der Waals surface area contributed by atoms with Crippen molar-refractivity contribution in [2.75, 3.05) is 7.11 Å². The molecular formula is C23H26N2O2. The fourth-order valence-corrected chi connectivity index (χ4v) is 3.86. The Bertz CT molecular complexity index is 1010. The highest BCUT2D eigenvalue weighted by Gasteiger charge is 2.26. The van der Waals surface area contributed by atoms with Gasteiger partial charge in [-0.2, -0.15) is 0 Å². The number of nitrogens with zero attached hydrogens (tertiary/aromatic N) is 2. The Hall–Kier alpha value is -2.62. The van der Waals surface area contributed by atoms with E-state index in [4.69, 9.17) is 4.74 Å². The fraction of sp³-hybridized carbons (Fsp3) is 0.391. The van der Waals surface area contributed by atoms with Crippen molar-refractivity contribution >= 4 is 16.9 Å². The van der Waals surface area contributed by atoms with Crippen LogP contribution in [0.3, 0.4) is 0 Å². The monoisotopic (exact) mass is 362 g/mol. The largest absolute Gasteiger partial charge is 0.465 e. The first-order valence-electron chi connectivity index (χ1n) is 9.63. The molecule has 4 heteroatoms. The molecule has 1 aliphatic carbocycles. The van der Waals surface area contributed by atoms with Gasteiger partial charge in [0, 0.05) is 31.2 Å². The van der Waals surface area contributed by atoms with Gasteiger partial charge in [-0.3, -0.25) is 4.98 Å². The third-order valence-electron chi connectivity index (χ3n) is 5.50. The van der Waals surface area contributed by atoms with E-state index in [1.54, 1.807) is 0 Å². The van der Waals surface area contributed by atoms with Crippen LogP contribution < -0.4 is 0 Å². The maximum atomic E-state index is 12.3. The summed E-state index contributed by atoms with van der Waals surface area (Å²) < 4.78 is 7.20. The van der Waals surface area contributed by atoms with Gasteiger partial charge < -0.3 is 9.30 Å². The normalized spacial score (nSPS) is 14.1. The number of rotatable bonds is 5. The molecule has 1 aliphatic rings. The van der Waals surface area contributed by atoms with Crippen LogP contribution in [0.15, 0.2) is 36.7 Å². The molecule has 1 saturated carbocycles. The number of ether oxygens (including phenoxy) is 1. The molecule has 0 radical (unpaired) electrons. The van der Waals surface area contributed by atoms with Crippen molar-refractivity contribution in [3.05, 3.63) is 64.6 Å². The number of aromatic nitrogens is 2. The third kappa shape index (κ3) is 3.36. The standard InChI is InChI=1S/C23H26N2O2/c1-14(2)19-10-15(9-17-7-8-25(3)22(17)19)11-21-20(23(26)27-4)12-18(13-24-21)16-5-6-16/h7-10,12-14,16H,5-6,11H2,1-4H3. The first-order valence-corrected chi connectivity index (χ1v) is 9.63. The number of pyridine rings is 1. The van der Waals surface area contributed by atoms with E-state index in [0.717, 1.165) is 11.3 Å². The fourth-order valence-electron chi connectivity index (χ4n) is 3.86. The van der Waals surface area contributed by atoms with Crippen LogP contribution in [0.25, 0.3) is 10.9 Å². The van der Waals surface area contributed by atoms with E-state index in [1.807, 2.05) is 12.3 Å². The lowest BCUT2D eigenvalue weighted by Gasteiger charge is -2.14. The number of carbonyl (C=O) groups is 1. The number of methoxy groups -OCH3 is 1. The van der Waals surface area contributed by atoms with Crippen molar-refractivity contribution in [3.8, 4) is 0 Å². The summed E-state index contributed by atoms with van der Waals surface area (Å²) in [4.78, 5) is 17.0. The molecule has 3 aromatic rings. The smallest absolute Gasteiger partial charge is 0.339 e. The van der Waals surface area contributed by atoms with Gasteiger partial charge in [0.2, 0.25) is 0 Å². The van der Waals surface area contributed by atoms with Crippen LogP contribution in [0.2, 0.25) is 0 Å². The minimum Gasteiger partial charge on any atom is -0.465 e. The molecule has 0 bridgehead atoms. The van der Waals surface area contributed by atoms with Gasteiger partial charge in [0.15, 0.2) is 0 Å². The average molecular weight is 362 g/mol. The van der Waals surface area contributed by atoms with Crippen molar-refractivity contribution in [2.24, 2.45) is 7.05 Å². The Balaban J connectivity index is 1.76. The summed E-state index contributed by atoms with van der Waals surface area (Å²) in [6.07, 6.45) is 7.03. The van der Waals surface area contributed by atoms with Crippen LogP contribution in [0.4, 0.5) is 0 Å². The molecule has 0 unspecified atom stereocenters. The summed E-state index contributed by atoms with van der Waals surface area (Å²) in [5, 5.41) is 1.23. The van der Waals surface area contributed by atoms with Gasteiger partial charge in [-0.15, -0.1) is 0 Å². The van der Waals surface area contributed by atoms with Gasteiger partial charge in [0.05, 0.1) is 23.9 Å². The lowest BCUT2D eigenvalue weighted by atomic mass is 9.94. The molecule has 4 rings (SSSR count). The molecule has 2 heterocycles. The summed E-state index contributed by atoms with van der Waals surface area (Å²) in [6, 6.07) is 8.59. The predicted molar refractivity (Wildman–Crippen MR) is 107 cm³/mol. The minimum atomic E-state index is -0.301. The second-order valence-corrected chi connectivity index (χ2v) is 7.91. The number of hydrogen-bond acceptors (Lipinski definition) is 3. The number of hydrogen-bond donors (Lipinski definition) is 0. The summed E-state index contributed by atoms with van der Waals surface area (Å²) in [7, 11) is 3.52. The van der Waals surface area contributed by atoms with Crippen molar-refractivity contribution in [3.63, 3.8) is 0 Å². The lowest BCUT2D eigenvalue weighted by molar-refractivity contribution is 0.0599. The quantitative estimate of drug-likeness (QED) is 0.603. The second-order valence-electron chi connectivity index (χ2n) is 7.91. The second kappa shape index (κ2) is 6.84. The van der Waals surface area contributed by atoms with Crippen LogP contribution in [0, 0.1) is 0 Å². The number of benzene rings is 1. The van der Waals surface area contributed by atoms with Crippen molar-refractivity contribution in [1.29, 1.82) is 0 Å². The summed E-state index contributed by atoms with van der Waals surface area (Å²) in [5.41, 5.74) is 6.32. The van der Waals surface area contributed by atoms with Gasteiger partial charge in [-0.25, -0.2) is 4.79 Å². The molecule has 0 N–H and O–H groups in total. The van der Waals surface area contributed by atoms with Crippen molar-refractivity contribution < 1.29 is 9.53 Å². The van der Waals surface area contributed by atoms with Crippen molar-refractivity contribution in [1.82, 2.24) is 9.55 Å². The van der Waals surface area contributed by atoms with E-state index in [0.29, 0.717) is 23.8 Å². The lowest BCUT2D eigenvalue weighted by Crippen LogP contribution is -2.09. The zero-order valence-electron chi connectivity index (χ0n) is 16.5. The molecule has 1 aromatic carbocycles. The molecule has 140 valence electrons. The topological polar surface area (TPSA) is 44.1 Å². The zero-order valence-corrected chi connectivity index (χ0v) is 16.5. The van der Waals surface area contributed by atoms with E-state index in [1.165, 1.54) is 42.0 Å². The number of esters is 1. The first-order chi connectivity index (χ1) is 13.0. The molecular weight excluding hydrogens is 336 g/mol. The number of aryl methyl sites for hydroxylation is 1. The SMILES string of the molecule is COC(=O)c1cc(C2CC2)cnc1Cc1cc(C(C)C)c2c(ccn2C)c1. The molecule has 0 saturated heterocycles. The van der Waals surface area contributed by atoms with Crippen LogP contribution in [-0.2, 0) is 18.2 Å². The highest BCUT2D eigenvalue weighted by atomic mass is 16.5. The number of fused-ring (bicyclic) bond motifs is 1. The maximum absolute atomic E-state index is 12.3. The van der Waals surface area contributed by atoms with Crippen LogP contribution in [-0.4, -0.2) is 22.6 Å². The molecule has 0 aliphatic heterocycles. The zero-order chi connectivity index (χ0) is 19.1. The summed E-state index contributed by atoms with van der Waals surface area (Å²) >= 11 is 0. The summed E-state index contributed by atoms with van der Waals surface area (Å²) in [5.74, 6) is 0.680. The highest BCUT2D eigenvalue weighted by Crippen LogP contribution is 2.40. The van der Waals surface area contributed by atoms with E-state index in [-0.39, 0.29) is 5.97 Å². The molecule has 27 heavy (non-hydrogen) atoms. The Labute approximate surface area is 160 Å². The Morgan fingerprint density at radius 2 is 2.07 bits per heavy atom. The Kier molecular flexibility index (Phi) is 4.50. The molecule has 1 fully saturated rings. The Morgan fingerprint density at radius 1 is 1.30 bits per heavy atom. The van der Waals surface area contributed by atoms with Gasteiger partial charge in [0.25, 0.3) is 0 Å². The maximum Gasteiger partial charge on any atom is 0.339 e. The van der Waals surface area contributed by atoms with Crippen molar-refractivity contribution in [2.45, 2.75) is 44.9 Å². The van der Waals surface area contributed by atoms with E-state index in [9.17, 15) is 4.79 Å². The molecule has 2 aromatic heterocycles. The third-order valence-corrected chi connectivity index (χ3v) is 5.50. The van der Waals surface area contributed by atoms with E-state index in [2.05, 4.69) is 54.8 Å². The number of carbonyl (C=O) groups excluding carboxylic acids is 1. The molecule has 4 nitrogen and oxygen atoms in total. The van der Waals surface area contributed by atoms with Gasteiger partial charge in [-0.05, 0) is 59.6 Å². The average Bonchev–Trinajstić information content (AvgIpc) is 3.44. The van der Waals surface area contributed by atoms with Crippen LogP contribution >= 0.6 is 0 Å². The van der Waals surface area contributed by atoms with Gasteiger partial charge >= 0.3 is 5.97 Å². The van der Waals surface area contributed by atoms with Crippen LogP contribution in [0.1, 0.15) is 71.3 Å². The highest BCUT2D eigenvalue weighted by molar-refractivity contribution is 5.91.